The number of carbonyl (C=O) groups excluding carboxylic acids is 1. The number of alkyl halides is 3. The van der Waals surface area contributed by atoms with Gasteiger partial charge in [-0.25, -0.2) is 4.85 Å². The monoisotopic (exact) mass is 468 g/mol. The number of carbonyl (C=O) groups is 1. The molecule has 33 heavy (non-hydrogen) atoms. The van der Waals surface area contributed by atoms with Crippen LogP contribution in [0.25, 0.3) is 4.85 Å². The summed E-state index contributed by atoms with van der Waals surface area (Å²) in [5.74, 6) is -0.347. The molecular formula is C24H19F3N4OS. The Bertz CT molecular complexity index is 1190. The van der Waals surface area contributed by atoms with E-state index in [1.165, 1.54) is 6.07 Å². The minimum absolute atomic E-state index is 0.00613. The number of hydrogen-bond donors (Lipinski definition) is 0. The molecule has 0 unspecified atom stereocenters. The van der Waals surface area contributed by atoms with Crippen molar-refractivity contribution < 1.29 is 18.0 Å². The van der Waals surface area contributed by atoms with E-state index >= 15 is 0 Å². The van der Waals surface area contributed by atoms with Crippen molar-refractivity contribution in [3.05, 3.63) is 65.0 Å². The van der Waals surface area contributed by atoms with Crippen LogP contribution in [-0.4, -0.2) is 16.6 Å². The van der Waals surface area contributed by atoms with Crippen LogP contribution >= 0.6 is 12.2 Å². The highest BCUT2D eigenvalue weighted by Gasteiger charge is 2.59. The van der Waals surface area contributed by atoms with Gasteiger partial charge < -0.3 is 4.90 Å². The van der Waals surface area contributed by atoms with Gasteiger partial charge in [0.2, 0.25) is 0 Å². The van der Waals surface area contributed by atoms with Crippen molar-refractivity contribution in [3.8, 4) is 6.07 Å². The van der Waals surface area contributed by atoms with Crippen LogP contribution in [0.4, 0.5) is 30.2 Å². The first kappa shape index (κ1) is 22.8. The number of unbranched alkanes of at least 4 members (excludes halogenated alkanes) is 1. The molecule has 0 bridgehead atoms. The molecule has 1 saturated carbocycles. The number of benzene rings is 2. The van der Waals surface area contributed by atoms with Gasteiger partial charge in [0.15, 0.2) is 10.8 Å². The molecule has 1 saturated heterocycles. The zero-order valence-corrected chi connectivity index (χ0v) is 18.3. The number of rotatable bonds is 5. The van der Waals surface area contributed by atoms with E-state index in [-0.39, 0.29) is 16.7 Å². The van der Waals surface area contributed by atoms with E-state index in [2.05, 4.69) is 10.9 Å². The Balaban J connectivity index is 1.70. The molecule has 4 rings (SSSR count). The van der Waals surface area contributed by atoms with Gasteiger partial charge in [-0.1, -0.05) is 18.2 Å². The summed E-state index contributed by atoms with van der Waals surface area (Å²) in [6.07, 6.45) is -0.836. The molecule has 0 aromatic heterocycles. The van der Waals surface area contributed by atoms with Gasteiger partial charge in [0, 0.05) is 17.8 Å². The number of nitriles is 1. The first-order valence-electron chi connectivity index (χ1n) is 10.5. The summed E-state index contributed by atoms with van der Waals surface area (Å²) in [6.45, 7) is 7.04. The van der Waals surface area contributed by atoms with Gasteiger partial charge in [-0.2, -0.15) is 18.4 Å². The second kappa shape index (κ2) is 8.49. The first-order valence-corrected chi connectivity index (χ1v) is 10.9. The second-order valence-electron chi connectivity index (χ2n) is 8.13. The van der Waals surface area contributed by atoms with Crippen LogP contribution in [-0.2, 0) is 17.4 Å². The Morgan fingerprint density at radius 1 is 1.15 bits per heavy atom. The fraction of sp³-hybridized carbons (Fsp3) is 0.333. The van der Waals surface area contributed by atoms with Crippen LogP contribution in [0.2, 0.25) is 0 Å². The van der Waals surface area contributed by atoms with Crippen molar-refractivity contribution in [1.82, 2.24) is 0 Å². The Kier molecular flexibility index (Phi) is 5.85. The lowest BCUT2D eigenvalue weighted by Gasteiger charge is -2.43. The predicted molar refractivity (Wildman–Crippen MR) is 122 cm³/mol. The largest absolute Gasteiger partial charge is 0.407 e. The zero-order chi connectivity index (χ0) is 23.8. The molecule has 5 nitrogen and oxygen atoms in total. The SMILES string of the molecule is [C-]#[N+]c1ccc(N2C(=O)C3(CCC3)N(c3ccc(CCCC#N)cc3)C2=S)cc1C(F)(F)F. The fourth-order valence-corrected chi connectivity index (χ4v) is 4.85. The molecule has 1 heterocycles. The molecular weight excluding hydrogens is 449 g/mol. The molecule has 0 atom stereocenters. The Morgan fingerprint density at radius 2 is 1.82 bits per heavy atom. The average molecular weight is 469 g/mol. The maximum absolute atomic E-state index is 13.5. The third kappa shape index (κ3) is 3.83. The van der Waals surface area contributed by atoms with E-state index in [9.17, 15) is 18.0 Å². The third-order valence-corrected chi connectivity index (χ3v) is 6.57. The molecule has 0 radical (unpaired) electrons. The highest BCUT2D eigenvalue weighted by Crippen LogP contribution is 2.48. The average Bonchev–Trinajstić information content (AvgIpc) is 3.00. The van der Waals surface area contributed by atoms with Gasteiger partial charge in [0.05, 0.1) is 18.2 Å². The number of anilines is 2. The Labute approximate surface area is 194 Å². The maximum Gasteiger partial charge on any atom is 0.407 e. The van der Waals surface area contributed by atoms with Gasteiger partial charge in [-0.15, -0.1) is 0 Å². The number of halogens is 3. The summed E-state index contributed by atoms with van der Waals surface area (Å²) in [5.41, 5.74) is -0.759. The minimum Gasteiger partial charge on any atom is -0.303 e. The van der Waals surface area contributed by atoms with E-state index in [0.717, 1.165) is 41.9 Å². The summed E-state index contributed by atoms with van der Waals surface area (Å²) in [7, 11) is 0. The summed E-state index contributed by atoms with van der Waals surface area (Å²) in [5, 5.41) is 8.83. The van der Waals surface area contributed by atoms with E-state index in [0.29, 0.717) is 24.9 Å². The van der Waals surface area contributed by atoms with Crippen molar-refractivity contribution in [2.45, 2.75) is 50.2 Å². The topological polar surface area (TPSA) is 51.7 Å². The molecule has 1 aliphatic heterocycles. The highest BCUT2D eigenvalue weighted by molar-refractivity contribution is 7.81. The van der Waals surface area contributed by atoms with Crippen molar-refractivity contribution in [1.29, 1.82) is 5.26 Å². The highest BCUT2D eigenvalue weighted by atomic mass is 32.1. The molecule has 2 fully saturated rings. The van der Waals surface area contributed by atoms with Crippen LogP contribution in [0, 0.1) is 17.9 Å². The van der Waals surface area contributed by atoms with Crippen LogP contribution in [0.15, 0.2) is 42.5 Å². The summed E-state index contributed by atoms with van der Waals surface area (Å²) in [6, 6.07) is 12.9. The molecule has 2 aromatic carbocycles. The van der Waals surface area contributed by atoms with Crippen molar-refractivity contribution in [2.24, 2.45) is 0 Å². The molecule has 1 aliphatic carbocycles. The molecule has 0 N–H and O–H groups in total. The standard InChI is InChI=1S/C24H19F3N4OS/c1-29-20-11-10-18(15-19(20)24(25,26)27)30-21(32)23(12-4-13-23)31(22(30)33)17-8-6-16(7-9-17)5-2-3-14-28/h6-11,15H,2-5,12-13H2. The van der Waals surface area contributed by atoms with E-state index in [1.807, 2.05) is 24.3 Å². The van der Waals surface area contributed by atoms with Crippen LogP contribution in [0.3, 0.4) is 0 Å². The molecule has 9 heteroatoms. The van der Waals surface area contributed by atoms with E-state index in [4.69, 9.17) is 24.1 Å². The number of thiocarbonyl (C=S) groups is 1. The molecule has 168 valence electrons. The summed E-state index contributed by atoms with van der Waals surface area (Å²) >= 11 is 5.62. The summed E-state index contributed by atoms with van der Waals surface area (Å²) in [4.78, 5) is 19.4. The van der Waals surface area contributed by atoms with Gasteiger partial charge in [0.25, 0.3) is 5.91 Å². The van der Waals surface area contributed by atoms with Gasteiger partial charge in [-0.05, 0) is 74.2 Å². The lowest BCUT2D eigenvalue weighted by Crippen LogP contribution is -2.55. The lowest BCUT2D eigenvalue weighted by molar-refractivity contribution is -0.136. The molecule has 2 aromatic rings. The maximum atomic E-state index is 13.5. The van der Waals surface area contributed by atoms with Crippen LogP contribution in [0.5, 0.6) is 0 Å². The fourth-order valence-electron chi connectivity index (χ4n) is 4.38. The molecule has 1 spiro atoms. The van der Waals surface area contributed by atoms with Gasteiger partial charge >= 0.3 is 6.18 Å². The van der Waals surface area contributed by atoms with Crippen molar-refractivity contribution in [3.63, 3.8) is 0 Å². The number of nitrogens with zero attached hydrogens (tertiary/aromatic N) is 4. The number of aryl methyl sites for hydroxylation is 1. The van der Waals surface area contributed by atoms with Gasteiger partial charge in [-0.3, -0.25) is 9.69 Å². The zero-order valence-electron chi connectivity index (χ0n) is 17.5. The predicted octanol–water partition coefficient (Wildman–Crippen LogP) is 6.16. The second-order valence-corrected chi connectivity index (χ2v) is 8.50. The van der Waals surface area contributed by atoms with Gasteiger partial charge in [0.1, 0.15) is 5.54 Å². The van der Waals surface area contributed by atoms with E-state index < -0.39 is 23.0 Å². The smallest absolute Gasteiger partial charge is 0.303 e. The van der Waals surface area contributed by atoms with Crippen molar-refractivity contribution in [2.75, 3.05) is 9.80 Å². The van der Waals surface area contributed by atoms with E-state index in [1.54, 1.807) is 4.90 Å². The Hall–Kier alpha value is -3.43. The first-order chi connectivity index (χ1) is 15.7. The quantitative estimate of drug-likeness (QED) is 0.299. The summed E-state index contributed by atoms with van der Waals surface area (Å²) < 4.78 is 40.5. The minimum atomic E-state index is -4.73. The molecule has 2 aliphatic rings. The van der Waals surface area contributed by atoms with Crippen LogP contribution < -0.4 is 9.80 Å². The third-order valence-electron chi connectivity index (χ3n) is 6.21. The number of amides is 1. The van der Waals surface area contributed by atoms with Crippen LogP contribution in [0.1, 0.15) is 43.2 Å². The van der Waals surface area contributed by atoms with Crippen molar-refractivity contribution >= 4 is 40.3 Å². The normalized spacial score (nSPS) is 17.1. The lowest BCUT2D eigenvalue weighted by atomic mass is 9.75. The number of hydrogen-bond acceptors (Lipinski definition) is 3. The molecule has 1 amide bonds. The Morgan fingerprint density at radius 3 is 2.36 bits per heavy atom.